The third-order valence-electron chi connectivity index (χ3n) is 4.44. The molecule has 1 aliphatic heterocycles. The number of hydrogen-bond acceptors (Lipinski definition) is 2. The van der Waals surface area contributed by atoms with E-state index in [9.17, 15) is 4.39 Å². The Labute approximate surface area is 154 Å². The summed E-state index contributed by atoms with van der Waals surface area (Å²) in [6.07, 6.45) is 4.08. The van der Waals surface area contributed by atoms with Gasteiger partial charge in [-0.3, -0.25) is 0 Å². The first-order valence-corrected chi connectivity index (χ1v) is 9.10. The SMILES string of the molecule is CCNC(=NCc1ccn(C)c1)N1CC(C)OC(c2ccc(F)cc2)C1. The van der Waals surface area contributed by atoms with Crippen LogP contribution in [-0.4, -0.2) is 41.2 Å². The van der Waals surface area contributed by atoms with Crippen molar-refractivity contribution in [3.8, 4) is 0 Å². The Morgan fingerprint density at radius 2 is 2.04 bits per heavy atom. The molecule has 1 aromatic carbocycles. The average Bonchev–Trinajstić information content (AvgIpc) is 3.04. The van der Waals surface area contributed by atoms with Crippen molar-refractivity contribution in [1.82, 2.24) is 14.8 Å². The van der Waals surface area contributed by atoms with Crippen LogP contribution in [0.25, 0.3) is 0 Å². The number of aliphatic imine (C=N–C) groups is 1. The molecule has 0 aliphatic carbocycles. The molecular weight excluding hydrogens is 331 g/mol. The third-order valence-corrected chi connectivity index (χ3v) is 4.44. The molecular formula is C20H27FN4O. The Morgan fingerprint density at radius 3 is 2.69 bits per heavy atom. The fourth-order valence-corrected chi connectivity index (χ4v) is 3.23. The van der Waals surface area contributed by atoms with E-state index in [2.05, 4.69) is 36.3 Å². The van der Waals surface area contributed by atoms with Crippen LogP contribution in [0.4, 0.5) is 4.39 Å². The third kappa shape index (κ3) is 4.64. The lowest BCUT2D eigenvalue weighted by Crippen LogP contribution is -2.50. The molecule has 26 heavy (non-hydrogen) atoms. The van der Waals surface area contributed by atoms with Gasteiger partial charge in [0.15, 0.2) is 5.96 Å². The maximum absolute atomic E-state index is 13.2. The van der Waals surface area contributed by atoms with Crippen LogP contribution in [0.15, 0.2) is 47.7 Å². The van der Waals surface area contributed by atoms with Gasteiger partial charge in [-0.05, 0) is 43.2 Å². The molecule has 2 unspecified atom stereocenters. The summed E-state index contributed by atoms with van der Waals surface area (Å²) >= 11 is 0. The van der Waals surface area contributed by atoms with Gasteiger partial charge >= 0.3 is 0 Å². The zero-order valence-corrected chi connectivity index (χ0v) is 15.7. The topological polar surface area (TPSA) is 41.8 Å². The van der Waals surface area contributed by atoms with Crippen LogP contribution < -0.4 is 5.32 Å². The van der Waals surface area contributed by atoms with E-state index in [1.807, 2.05) is 17.8 Å². The predicted molar refractivity (Wildman–Crippen MR) is 101 cm³/mol. The van der Waals surface area contributed by atoms with E-state index >= 15 is 0 Å². The minimum atomic E-state index is -0.229. The van der Waals surface area contributed by atoms with Gasteiger partial charge in [-0.1, -0.05) is 12.1 Å². The number of nitrogens with one attached hydrogen (secondary N) is 1. The molecule has 140 valence electrons. The van der Waals surface area contributed by atoms with E-state index in [0.29, 0.717) is 13.1 Å². The molecule has 1 saturated heterocycles. The fourth-order valence-electron chi connectivity index (χ4n) is 3.23. The van der Waals surface area contributed by atoms with Gasteiger partial charge in [0.1, 0.15) is 11.9 Å². The highest BCUT2D eigenvalue weighted by Gasteiger charge is 2.28. The number of aromatic nitrogens is 1. The lowest BCUT2D eigenvalue weighted by molar-refractivity contribution is -0.0605. The number of hydrogen-bond donors (Lipinski definition) is 1. The van der Waals surface area contributed by atoms with E-state index < -0.39 is 0 Å². The predicted octanol–water partition coefficient (Wildman–Crippen LogP) is 3.09. The fraction of sp³-hybridized carbons (Fsp3) is 0.450. The van der Waals surface area contributed by atoms with Crippen LogP contribution in [0, 0.1) is 5.82 Å². The standard InChI is InChI=1S/C20H27FN4O/c1-4-22-20(23-11-16-9-10-24(3)13-16)25-12-15(2)26-19(14-25)17-5-7-18(21)8-6-17/h5-10,13,15,19H,4,11-12,14H2,1-3H3,(H,22,23). The second-order valence-corrected chi connectivity index (χ2v) is 6.75. The molecule has 1 aromatic heterocycles. The molecule has 3 rings (SSSR count). The van der Waals surface area contributed by atoms with E-state index in [1.165, 1.54) is 17.7 Å². The Morgan fingerprint density at radius 1 is 1.27 bits per heavy atom. The number of ether oxygens (including phenoxy) is 1. The number of guanidine groups is 1. The lowest BCUT2D eigenvalue weighted by Gasteiger charge is -2.38. The van der Waals surface area contributed by atoms with Crippen molar-refractivity contribution in [2.45, 2.75) is 32.6 Å². The monoisotopic (exact) mass is 358 g/mol. The number of aryl methyl sites for hydroxylation is 1. The normalized spacial score (nSPS) is 21.1. The second-order valence-electron chi connectivity index (χ2n) is 6.75. The first-order valence-electron chi connectivity index (χ1n) is 9.10. The molecule has 2 heterocycles. The summed E-state index contributed by atoms with van der Waals surface area (Å²) in [7, 11) is 2.01. The number of halogens is 1. The highest BCUT2D eigenvalue weighted by molar-refractivity contribution is 5.80. The summed E-state index contributed by atoms with van der Waals surface area (Å²) < 4.78 is 21.3. The van der Waals surface area contributed by atoms with Crippen molar-refractivity contribution >= 4 is 5.96 Å². The van der Waals surface area contributed by atoms with Gasteiger partial charge in [0, 0.05) is 32.5 Å². The van der Waals surface area contributed by atoms with Gasteiger partial charge in [0.2, 0.25) is 0 Å². The summed E-state index contributed by atoms with van der Waals surface area (Å²) in [5, 5.41) is 3.38. The number of benzene rings is 1. The van der Waals surface area contributed by atoms with Crippen molar-refractivity contribution in [3.05, 3.63) is 59.7 Å². The summed E-state index contributed by atoms with van der Waals surface area (Å²) in [6, 6.07) is 8.64. The summed E-state index contributed by atoms with van der Waals surface area (Å²) in [5.41, 5.74) is 2.17. The number of rotatable bonds is 4. The largest absolute Gasteiger partial charge is 0.367 e. The highest BCUT2D eigenvalue weighted by atomic mass is 19.1. The van der Waals surface area contributed by atoms with Gasteiger partial charge < -0.3 is 19.5 Å². The molecule has 1 N–H and O–H groups in total. The molecule has 6 heteroatoms. The minimum Gasteiger partial charge on any atom is -0.367 e. The Bertz CT molecular complexity index is 741. The lowest BCUT2D eigenvalue weighted by atomic mass is 10.1. The molecule has 0 spiro atoms. The average molecular weight is 358 g/mol. The molecule has 0 saturated carbocycles. The van der Waals surface area contributed by atoms with Crippen molar-refractivity contribution in [2.24, 2.45) is 12.0 Å². The van der Waals surface area contributed by atoms with Crippen LogP contribution in [0.3, 0.4) is 0 Å². The molecule has 1 aliphatic rings. The van der Waals surface area contributed by atoms with Gasteiger partial charge in [-0.15, -0.1) is 0 Å². The first-order chi connectivity index (χ1) is 12.5. The Hall–Kier alpha value is -2.34. The van der Waals surface area contributed by atoms with Crippen LogP contribution >= 0.6 is 0 Å². The molecule has 2 aromatic rings. The van der Waals surface area contributed by atoms with Crippen LogP contribution in [0.2, 0.25) is 0 Å². The van der Waals surface area contributed by atoms with Crippen molar-refractivity contribution < 1.29 is 9.13 Å². The minimum absolute atomic E-state index is 0.0689. The number of morpholine rings is 1. The van der Waals surface area contributed by atoms with Gasteiger partial charge in [-0.25, -0.2) is 9.38 Å². The zero-order chi connectivity index (χ0) is 18.5. The van der Waals surface area contributed by atoms with Crippen LogP contribution in [0.5, 0.6) is 0 Å². The second kappa shape index (κ2) is 8.36. The van der Waals surface area contributed by atoms with Crippen LogP contribution in [-0.2, 0) is 18.3 Å². The van der Waals surface area contributed by atoms with E-state index in [0.717, 1.165) is 24.6 Å². The quantitative estimate of drug-likeness (QED) is 0.675. The molecule has 0 bridgehead atoms. The Balaban J connectivity index is 1.75. The van der Waals surface area contributed by atoms with Crippen molar-refractivity contribution in [2.75, 3.05) is 19.6 Å². The maximum Gasteiger partial charge on any atom is 0.194 e. The zero-order valence-electron chi connectivity index (χ0n) is 15.7. The number of nitrogens with zero attached hydrogens (tertiary/aromatic N) is 3. The van der Waals surface area contributed by atoms with Crippen molar-refractivity contribution in [3.63, 3.8) is 0 Å². The Kier molecular flexibility index (Phi) is 5.93. The summed E-state index contributed by atoms with van der Waals surface area (Å²) in [6.45, 7) is 7.04. The maximum atomic E-state index is 13.2. The van der Waals surface area contributed by atoms with Crippen molar-refractivity contribution in [1.29, 1.82) is 0 Å². The molecule has 0 amide bonds. The smallest absolute Gasteiger partial charge is 0.194 e. The molecule has 0 radical (unpaired) electrons. The van der Waals surface area contributed by atoms with Gasteiger partial charge in [0.25, 0.3) is 0 Å². The molecule has 2 atom stereocenters. The van der Waals surface area contributed by atoms with E-state index in [-0.39, 0.29) is 18.0 Å². The highest BCUT2D eigenvalue weighted by Crippen LogP contribution is 2.25. The van der Waals surface area contributed by atoms with Gasteiger partial charge in [0.05, 0.1) is 19.2 Å². The summed E-state index contributed by atoms with van der Waals surface area (Å²) in [5.74, 6) is 0.658. The molecule has 5 nitrogen and oxygen atoms in total. The van der Waals surface area contributed by atoms with E-state index in [1.54, 1.807) is 12.1 Å². The van der Waals surface area contributed by atoms with Gasteiger partial charge in [-0.2, -0.15) is 0 Å². The first kappa shape index (κ1) is 18.5. The van der Waals surface area contributed by atoms with E-state index in [4.69, 9.17) is 9.73 Å². The summed E-state index contributed by atoms with van der Waals surface area (Å²) in [4.78, 5) is 7.03. The molecule has 1 fully saturated rings. The van der Waals surface area contributed by atoms with Crippen LogP contribution in [0.1, 0.15) is 31.1 Å².